The van der Waals surface area contributed by atoms with Crippen LogP contribution in [0, 0.1) is 22.7 Å². The average Bonchev–Trinajstić information content (AvgIpc) is 2.87. The van der Waals surface area contributed by atoms with Crippen molar-refractivity contribution in [2.24, 2.45) is 5.73 Å². The second-order valence-electron chi connectivity index (χ2n) is 3.74. The molecule has 1 heterocycles. The summed E-state index contributed by atoms with van der Waals surface area (Å²) in [5, 5.41) is 22.2. The van der Waals surface area contributed by atoms with Gasteiger partial charge in [0, 0.05) is 18.3 Å². The maximum Gasteiger partial charge on any atom is 0.101 e. The van der Waals surface area contributed by atoms with Crippen molar-refractivity contribution >= 4 is 0 Å². The zero-order chi connectivity index (χ0) is 13.0. The van der Waals surface area contributed by atoms with Gasteiger partial charge in [0.15, 0.2) is 0 Å². The third-order valence-corrected chi connectivity index (χ3v) is 2.56. The van der Waals surface area contributed by atoms with Gasteiger partial charge in [-0.3, -0.25) is 4.68 Å². The van der Waals surface area contributed by atoms with E-state index >= 15 is 0 Å². The first-order valence-electron chi connectivity index (χ1n) is 5.46. The van der Waals surface area contributed by atoms with E-state index in [1.54, 1.807) is 22.9 Å². The first-order chi connectivity index (χ1) is 8.78. The van der Waals surface area contributed by atoms with E-state index in [2.05, 4.69) is 5.10 Å². The van der Waals surface area contributed by atoms with Crippen LogP contribution in [0.25, 0.3) is 11.3 Å². The Morgan fingerprint density at radius 3 is 2.61 bits per heavy atom. The van der Waals surface area contributed by atoms with E-state index in [0.717, 1.165) is 11.3 Å². The highest BCUT2D eigenvalue weighted by atomic mass is 15.3. The van der Waals surface area contributed by atoms with Gasteiger partial charge in [0.05, 0.1) is 23.4 Å². The summed E-state index contributed by atoms with van der Waals surface area (Å²) in [6, 6.07) is 11.0. The van der Waals surface area contributed by atoms with Gasteiger partial charge in [0.2, 0.25) is 0 Å². The van der Waals surface area contributed by atoms with Gasteiger partial charge in [0.1, 0.15) is 12.1 Å². The summed E-state index contributed by atoms with van der Waals surface area (Å²) >= 11 is 0. The molecule has 0 saturated heterocycles. The van der Waals surface area contributed by atoms with E-state index in [1.165, 1.54) is 0 Å². The van der Waals surface area contributed by atoms with Crippen LogP contribution in [-0.2, 0) is 6.54 Å². The Morgan fingerprint density at radius 1 is 1.17 bits per heavy atom. The first-order valence-corrected chi connectivity index (χ1v) is 5.46. The molecule has 2 aromatic rings. The smallest absolute Gasteiger partial charge is 0.101 e. The van der Waals surface area contributed by atoms with E-state index in [-0.39, 0.29) is 0 Å². The average molecular weight is 237 g/mol. The number of aromatic nitrogens is 2. The molecule has 0 atom stereocenters. The minimum absolute atomic E-state index is 0.364. The van der Waals surface area contributed by atoms with Crippen molar-refractivity contribution in [2.75, 3.05) is 6.54 Å². The Bertz CT molecular complexity index is 642. The van der Waals surface area contributed by atoms with E-state index in [1.807, 2.05) is 24.4 Å². The van der Waals surface area contributed by atoms with Crippen LogP contribution in [0.3, 0.4) is 0 Å². The number of hydrogen-bond donors (Lipinski definition) is 1. The van der Waals surface area contributed by atoms with Crippen molar-refractivity contribution in [1.29, 1.82) is 10.5 Å². The molecule has 0 spiro atoms. The van der Waals surface area contributed by atoms with Gasteiger partial charge < -0.3 is 5.73 Å². The van der Waals surface area contributed by atoms with Gasteiger partial charge in [-0.25, -0.2) is 0 Å². The van der Waals surface area contributed by atoms with Gasteiger partial charge in [-0.05, 0) is 18.2 Å². The normalized spacial score (nSPS) is 9.72. The van der Waals surface area contributed by atoms with Crippen molar-refractivity contribution in [1.82, 2.24) is 9.78 Å². The molecule has 0 saturated carbocycles. The van der Waals surface area contributed by atoms with Crippen molar-refractivity contribution in [3.05, 3.63) is 41.6 Å². The van der Waals surface area contributed by atoms with E-state index in [0.29, 0.717) is 24.2 Å². The molecule has 0 amide bonds. The molecule has 0 fully saturated rings. The number of benzene rings is 1. The predicted octanol–water partition coefficient (Wildman–Crippen LogP) is 1.25. The number of nitrogens with zero attached hydrogens (tertiary/aromatic N) is 4. The summed E-state index contributed by atoms with van der Waals surface area (Å²) in [7, 11) is 0. The van der Waals surface area contributed by atoms with Gasteiger partial charge in [-0.1, -0.05) is 6.07 Å². The second kappa shape index (κ2) is 5.13. The maximum atomic E-state index is 8.97. The van der Waals surface area contributed by atoms with E-state index < -0.39 is 0 Å². The third kappa shape index (κ3) is 2.22. The van der Waals surface area contributed by atoms with Crippen LogP contribution < -0.4 is 5.73 Å². The topological polar surface area (TPSA) is 91.4 Å². The minimum atomic E-state index is 0.364. The third-order valence-electron chi connectivity index (χ3n) is 2.56. The summed E-state index contributed by atoms with van der Waals surface area (Å²) in [5.41, 5.74) is 7.78. The highest BCUT2D eigenvalue weighted by Gasteiger charge is 2.06. The lowest BCUT2D eigenvalue weighted by molar-refractivity contribution is 0.627. The lowest BCUT2D eigenvalue weighted by atomic mass is 10.0. The van der Waals surface area contributed by atoms with Gasteiger partial charge in [0.25, 0.3) is 0 Å². The summed E-state index contributed by atoms with van der Waals surface area (Å²) in [5.74, 6) is 0. The van der Waals surface area contributed by atoms with Crippen molar-refractivity contribution in [2.45, 2.75) is 6.54 Å². The molecule has 0 aliphatic heterocycles. The predicted molar refractivity (Wildman–Crippen MR) is 66.1 cm³/mol. The largest absolute Gasteiger partial charge is 0.329 e. The van der Waals surface area contributed by atoms with Crippen LogP contribution in [0.1, 0.15) is 11.1 Å². The zero-order valence-electron chi connectivity index (χ0n) is 9.67. The van der Waals surface area contributed by atoms with Crippen LogP contribution in [0.4, 0.5) is 0 Å². The first kappa shape index (κ1) is 11.8. The number of hydrogen-bond acceptors (Lipinski definition) is 4. The van der Waals surface area contributed by atoms with E-state index in [9.17, 15) is 0 Å². The Labute approximate surface area is 105 Å². The Kier molecular flexibility index (Phi) is 3.38. The van der Waals surface area contributed by atoms with Gasteiger partial charge >= 0.3 is 0 Å². The molecular weight excluding hydrogens is 226 g/mol. The lowest BCUT2D eigenvalue weighted by Crippen LogP contribution is -2.10. The van der Waals surface area contributed by atoms with Crippen molar-refractivity contribution < 1.29 is 0 Å². The molecule has 1 aromatic heterocycles. The fraction of sp³-hybridized carbons (Fsp3) is 0.154. The highest BCUT2D eigenvalue weighted by molar-refractivity contribution is 5.63. The molecule has 0 radical (unpaired) electrons. The molecule has 2 rings (SSSR count). The fourth-order valence-corrected chi connectivity index (χ4v) is 1.67. The Balaban J connectivity index is 2.39. The molecule has 0 aliphatic carbocycles. The fourth-order valence-electron chi connectivity index (χ4n) is 1.67. The van der Waals surface area contributed by atoms with Crippen LogP contribution in [-0.4, -0.2) is 16.3 Å². The highest BCUT2D eigenvalue weighted by Crippen LogP contribution is 2.20. The monoisotopic (exact) mass is 237 g/mol. The number of rotatable bonds is 3. The van der Waals surface area contributed by atoms with Crippen LogP contribution in [0.15, 0.2) is 30.5 Å². The SMILES string of the molecule is N#Cc1ccc(-c2ccn(CCN)n2)cc1C#N. The molecular formula is C13H11N5. The Hall–Kier alpha value is -2.63. The standard InChI is InChI=1S/C13H11N5/c14-4-6-18-5-3-13(17-18)10-1-2-11(8-15)12(7-10)9-16/h1-3,5,7H,4,6,14H2. The molecule has 0 bridgehead atoms. The lowest BCUT2D eigenvalue weighted by Gasteiger charge is -2.00. The summed E-state index contributed by atoms with van der Waals surface area (Å²) < 4.78 is 1.75. The Morgan fingerprint density at radius 2 is 1.94 bits per heavy atom. The van der Waals surface area contributed by atoms with Crippen molar-refractivity contribution in [3.8, 4) is 23.4 Å². The molecule has 2 N–H and O–H groups in total. The van der Waals surface area contributed by atoms with Crippen LogP contribution in [0.2, 0.25) is 0 Å². The summed E-state index contributed by atoms with van der Waals surface area (Å²) in [4.78, 5) is 0. The summed E-state index contributed by atoms with van der Waals surface area (Å²) in [6.45, 7) is 1.18. The molecule has 88 valence electrons. The van der Waals surface area contributed by atoms with Crippen LogP contribution >= 0.6 is 0 Å². The number of nitrogens with two attached hydrogens (primary N) is 1. The quantitative estimate of drug-likeness (QED) is 0.869. The van der Waals surface area contributed by atoms with Crippen molar-refractivity contribution in [3.63, 3.8) is 0 Å². The zero-order valence-corrected chi connectivity index (χ0v) is 9.67. The molecule has 0 unspecified atom stereocenters. The molecule has 5 nitrogen and oxygen atoms in total. The van der Waals surface area contributed by atoms with Crippen LogP contribution in [0.5, 0.6) is 0 Å². The molecule has 1 aromatic carbocycles. The maximum absolute atomic E-state index is 8.97. The molecule has 18 heavy (non-hydrogen) atoms. The molecule has 5 heteroatoms. The second-order valence-corrected chi connectivity index (χ2v) is 3.74. The molecule has 0 aliphatic rings. The van der Waals surface area contributed by atoms with Gasteiger partial charge in [-0.15, -0.1) is 0 Å². The minimum Gasteiger partial charge on any atom is -0.329 e. The summed E-state index contributed by atoms with van der Waals surface area (Å²) in [6.07, 6.45) is 1.84. The van der Waals surface area contributed by atoms with Gasteiger partial charge in [-0.2, -0.15) is 15.6 Å². The number of nitriles is 2. The van der Waals surface area contributed by atoms with E-state index in [4.69, 9.17) is 16.3 Å².